The maximum atomic E-state index is 12.7. The quantitative estimate of drug-likeness (QED) is 0.899. The standard InChI is InChI=1S/C19H19N3O3/c1-12-16(18(20)23)17(13-8-10-15(25-2)11-9-13)21-19(24)22(12)14-6-4-3-5-7-14/h3-11,17H,1-2H3,(H2,20,23)(H,21,24). The predicted molar refractivity (Wildman–Crippen MR) is 95.1 cm³/mol. The van der Waals surface area contributed by atoms with Gasteiger partial charge in [-0.1, -0.05) is 30.3 Å². The number of hydrogen-bond acceptors (Lipinski definition) is 3. The van der Waals surface area contributed by atoms with Crippen LogP contribution in [0.3, 0.4) is 0 Å². The Morgan fingerprint density at radius 3 is 2.32 bits per heavy atom. The summed E-state index contributed by atoms with van der Waals surface area (Å²) in [5.41, 5.74) is 7.93. The number of nitrogens with two attached hydrogens (primary N) is 1. The summed E-state index contributed by atoms with van der Waals surface area (Å²) in [6.07, 6.45) is 0. The highest BCUT2D eigenvalue weighted by Gasteiger charge is 2.35. The molecule has 0 bridgehead atoms. The summed E-state index contributed by atoms with van der Waals surface area (Å²) in [4.78, 5) is 26.3. The SMILES string of the molecule is COc1ccc(C2NC(=O)N(c3ccccc3)C(C)=C2C(N)=O)cc1. The number of anilines is 1. The van der Waals surface area contributed by atoms with Crippen LogP contribution in [0.4, 0.5) is 10.5 Å². The highest BCUT2D eigenvalue weighted by molar-refractivity contribution is 6.04. The van der Waals surface area contributed by atoms with E-state index in [2.05, 4.69) is 5.32 Å². The molecule has 6 nitrogen and oxygen atoms in total. The van der Waals surface area contributed by atoms with Gasteiger partial charge in [0.15, 0.2) is 0 Å². The van der Waals surface area contributed by atoms with E-state index < -0.39 is 11.9 Å². The number of benzene rings is 2. The monoisotopic (exact) mass is 337 g/mol. The molecule has 3 amide bonds. The number of methoxy groups -OCH3 is 1. The number of urea groups is 1. The Kier molecular flexibility index (Phi) is 4.43. The summed E-state index contributed by atoms with van der Waals surface area (Å²) >= 11 is 0. The Hall–Kier alpha value is -3.28. The zero-order valence-corrected chi connectivity index (χ0v) is 14.0. The fourth-order valence-corrected chi connectivity index (χ4v) is 3.00. The molecule has 3 rings (SSSR count). The molecule has 1 heterocycles. The summed E-state index contributed by atoms with van der Waals surface area (Å²) in [5, 5.41) is 2.87. The first-order valence-electron chi connectivity index (χ1n) is 7.83. The molecule has 2 aromatic rings. The number of nitrogens with one attached hydrogen (secondary N) is 1. The molecule has 1 atom stereocenters. The first kappa shape index (κ1) is 16.6. The van der Waals surface area contributed by atoms with Gasteiger partial charge in [0.1, 0.15) is 5.75 Å². The maximum absolute atomic E-state index is 12.7. The number of nitrogens with zero attached hydrogens (tertiary/aromatic N) is 1. The van der Waals surface area contributed by atoms with E-state index in [1.165, 1.54) is 4.90 Å². The molecule has 0 aliphatic carbocycles. The van der Waals surface area contributed by atoms with Crippen LogP contribution < -0.4 is 20.7 Å². The van der Waals surface area contributed by atoms with E-state index in [4.69, 9.17) is 10.5 Å². The molecule has 6 heteroatoms. The molecule has 25 heavy (non-hydrogen) atoms. The van der Waals surface area contributed by atoms with Crippen molar-refractivity contribution in [2.45, 2.75) is 13.0 Å². The molecule has 0 fully saturated rings. The molecule has 2 aromatic carbocycles. The first-order chi connectivity index (χ1) is 12.0. The van der Waals surface area contributed by atoms with Gasteiger partial charge in [-0.05, 0) is 36.8 Å². The van der Waals surface area contributed by atoms with E-state index in [1.54, 1.807) is 50.4 Å². The van der Waals surface area contributed by atoms with Gasteiger partial charge in [-0.3, -0.25) is 9.69 Å². The van der Waals surface area contributed by atoms with Crippen molar-refractivity contribution in [2.24, 2.45) is 5.73 Å². The number of carbonyl (C=O) groups excluding carboxylic acids is 2. The van der Waals surface area contributed by atoms with Crippen LogP contribution in [0.15, 0.2) is 65.9 Å². The number of hydrogen-bond donors (Lipinski definition) is 2. The number of primary amides is 1. The van der Waals surface area contributed by atoms with Gasteiger partial charge in [0.25, 0.3) is 0 Å². The molecule has 0 spiro atoms. The van der Waals surface area contributed by atoms with Crippen molar-refractivity contribution in [1.29, 1.82) is 0 Å². The second kappa shape index (κ2) is 6.68. The van der Waals surface area contributed by atoms with Gasteiger partial charge < -0.3 is 15.8 Å². The number of para-hydroxylation sites is 1. The Bertz CT molecular complexity index is 829. The van der Waals surface area contributed by atoms with E-state index in [0.29, 0.717) is 22.7 Å². The minimum atomic E-state index is -0.601. The highest BCUT2D eigenvalue weighted by atomic mass is 16.5. The Labute approximate surface area is 145 Å². The largest absolute Gasteiger partial charge is 0.497 e. The van der Waals surface area contributed by atoms with Gasteiger partial charge in [0.05, 0.1) is 24.4 Å². The van der Waals surface area contributed by atoms with Crippen molar-refractivity contribution in [2.75, 3.05) is 12.0 Å². The van der Waals surface area contributed by atoms with Crippen molar-refractivity contribution in [1.82, 2.24) is 5.32 Å². The average Bonchev–Trinajstić information content (AvgIpc) is 2.62. The Morgan fingerprint density at radius 2 is 1.76 bits per heavy atom. The van der Waals surface area contributed by atoms with Crippen LogP contribution in [0.2, 0.25) is 0 Å². The van der Waals surface area contributed by atoms with Crippen LogP contribution in [0.25, 0.3) is 0 Å². The van der Waals surface area contributed by atoms with E-state index in [1.807, 2.05) is 18.2 Å². The minimum Gasteiger partial charge on any atom is -0.497 e. The van der Waals surface area contributed by atoms with E-state index >= 15 is 0 Å². The number of allylic oxidation sites excluding steroid dienone is 1. The molecule has 1 unspecified atom stereocenters. The minimum absolute atomic E-state index is 0.311. The van der Waals surface area contributed by atoms with Crippen LogP contribution in [-0.4, -0.2) is 19.0 Å². The lowest BCUT2D eigenvalue weighted by atomic mass is 9.94. The van der Waals surface area contributed by atoms with Crippen LogP contribution in [0.5, 0.6) is 5.75 Å². The topological polar surface area (TPSA) is 84.7 Å². The van der Waals surface area contributed by atoms with Crippen LogP contribution in [0, 0.1) is 0 Å². The molecule has 1 aliphatic rings. The fraction of sp³-hybridized carbons (Fsp3) is 0.158. The van der Waals surface area contributed by atoms with Crippen molar-refractivity contribution >= 4 is 17.6 Å². The lowest BCUT2D eigenvalue weighted by molar-refractivity contribution is -0.115. The van der Waals surface area contributed by atoms with Crippen LogP contribution >= 0.6 is 0 Å². The zero-order valence-electron chi connectivity index (χ0n) is 14.0. The van der Waals surface area contributed by atoms with E-state index in [-0.39, 0.29) is 6.03 Å². The molecular formula is C19H19N3O3. The van der Waals surface area contributed by atoms with Gasteiger partial charge in [-0.2, -0.15) is 0 Å². The van der Waals surface area contributed by atoms with Crippen LogP contribution in [0.1, 0.15) is 18.5 Å². The first-order valence-corrected chi connectivity index (χ1v) is 7.83. The van der Waals surface area contributed by atoms with Crippen molar-refractivity contribution < 1.29 is 14.3 Å². The summed E-state index contributed by atoms with van der Waals surface area (Å²) < 4.78 is 5.15. The molecule has 3 N–H and O–H groups in total. The number of ether oxygens (including phenoxy) is 1. The molecular weight excluding hydrogens is 318 g/mol. The number of amides is 3. The van der Waals surface area contributed by atoms with Crippen molar-refractivity contribution in [3.8, 4) is 5.75 Å². The lowest BCUT2D eigenvalue weighted by Crippen LogP contribution is -2.48. The highest BCUT2D eigenvalue weighted by Crippen LogP contribution is 2.33. The predicted octanol–water partition coefficient (Wildman–Crippen LogP) is 2.73. The normalized spacial score (nSPS) is 17.3. The van der Waals surface area contributed by atoms with Crippen molar-refractivity contribution in [3.05, 3.63) is 71.4 Å². The zero-order chi connectivity index (χ0) is 18.0. The molecule has 0 saturated carbocycles. The summed E-state index contributed by atoms with van der Waals surface area (Å²) in [7, 11) is 1.58. The fourth-order valence-electron chi connectivity index (χ4n) is 3.00. The average molecular weight is 337 g/mol. The molecule has 0 saturated heterocycles. The second-order valence-corrected chi connectivity index (χ2v) is 5.69. The third-order valence-corrected chi connectivity index (χ3v) is 4.21. The molecule has 0 aromatic heterocycles. The number of rotatable bonds is 4. The van der Waals surface area contributed by atoms with Gasteiger partial charge in [-0.15, -0.1) is 0 Å². The smallest absolute Gasteiger partial charge is 0.326 e. The summed E-state index contributed by atoms with van der Waals surface area (Å²) in [6.45, 7) is 1.72. The summed E-state index contributed by atoms with van der Waals surface area (Å²) in [6, 6.07) is 15.4. The summed E-state index contributed by atoms with van der Waals surface area (Å²) in [5.74, 6) is 0.123. The Balaban J connectivity index is 2.08. The van der Waals surface area contributed by atoms with Crippen molar-refractivity contribution in [3.63, 3.8) is 0 Å². The third-order valence-electron chi connectivity index (χ3n) is 4.21. The van der Waals surface area contributed by atoms with Gasteiger partial charge >= 0.3 is 6.03 Å². The Morgan fingerprint density at radius 1 is 1.12 bits per heavy atom. The van der Waals surface area contributed by atoms with Crippen LogP contribution in [-0.2, 0) is 4.79 Å². The van der Waals surface area contributed by atoms with E-state index in [0.717, 1.165) is 5.56 Å². The molecule has 128 valence electrons. The maximum Gasteiger partial charge on any atom is 0.326 e. The lowest BCUT2D eigenvalue weighted by Gasteiger charge is -2.35. The van der Waals surface area contributed by atoms with Gasteiger partial charge in [-0.25, -0.2) is 4.79 Å². The second-order valence-electron chi connectivity index (χ2n) is 5.69. The molecule has 0 radical (unpaired) electrons. The van der Waals surface area contributed by atoms with Gasteiger partial charge in [0, 0.05) is 5.70 Å². The third kappa shape index (κ3) is 3.06. The number of carbonyl (C=O) groups is 2. The van der Waals surface area contributed by atoms with Gasteiger partial charge in [0.2, 0.25) is 5.91 Å². The van der Waals surface area contributed by atoms with E-state index in [9.17, 15) is 9.59 Å². The molecule has 1 aliphatic heterocycles.